The molecule has 7 nitrogen and oxygen atoms in total. The summed E-state index contributed by atoms with van der Waals surface area (Å²) in [7, 11) is 1.70. The average Bonchev–Trinajstić information content (AvgIpc) is 2.81. The van der Waals surface area contributed by atoms with Crippen LogP contribution in [-0.4, -0.2) is 28.1 Å². The van der Waals surface area contributed by atoms with E-state index in [0.29, 0.717) is 28.1 Å². The number of anilines is 1. The maximum atomic E-state index is 11.9. The van der Waals surface area contributed by atoms with Crippen LogP contribution in [-0.2, 0) is 6.54 Å². The Bertz CT molecular complexity index is 599. The predicted molar refractivity (Wildman–Crippen MR) is 69.0 cm³/mol. The van der Waals surface area contributed by atoms with E-state index in [1.165, 1.54) is 12.3 Å². The van der Waals surface area contributed by atoms with Gasteiger partial charge in [-0.2, -0.15) is 4.98 Å². The molecule has 2 rings (SSSR count). The number of pyridine rings is 1. The maximum Gasteiger partial charge on any atom is 0.253 e. The van der Waals surface area contributed by atoms with Crippen molar-refractivity contribution in [3.8, 4) is 0 Å². The van der Waals surface area contributed by atoms with E-state index in [4.69, 9.17) is 16.1 Å². The van der Waals surface area contributed by atoms with E-state index in [2.05, 4.69) is 25.8 Å². The van der Waals surface area contributed by atoms with Crippen molar-refractivity contribution < 1.29 is 9.32 Å². The molecule has 0 radical (unpaired) electrons. The first-order valence-electron chi connectivity index (χ1n) is 5.51. The van der Waals surface area contributed by atoms with Crippen LogP contribution in [0.4, 0.5) is 5.82 Å². The molecule has 0 unspecified atom stereocenters. The molecule has 0 aliphatic carbocycles. The van der Waals surface area contributed by atoms with Crippen molar-refractivity contribution >= 4 is 23.3 Å². The Hall–Kier alpha value is -2.15. The normalized spacial score (nSPS) is 10.3. The van der Waals surface area contributed by atoms with Gasteiger partial charge in [0.2, 0.25) is 5.89 Å². The summed E-state index contributed by atoms with van der Waals surface area (Å²) in [5.74, 6) is 1.08. The minimum atomic E-state index is -0.306. The van der Waals surface area contributed by atoms with Crippen molar-refractivity contribution in [2.24, 2.45) is 0 Å². The summed E-state index contributed by atoms with van der Waals surface area (Å²) in [5, 5.41) is 9.52. The van der Waals surface area contributed by atoms with Gasteiger partial charge in [0.1, 0.15) is 5.82 Å². The lowest BCUT2D eigenvalue weighted by Gasteiger charge is -2.05. The zero-order chi connectivity index (χ0) is 13.8. The Kier molecular flexibility index (Phi) is 3.96. The molecule has 19 heavy (non-hydrogen) atoms. The molecule has 100 valence electrons. The van der Waals surface area contributed by atoms with E-state index in [9.17, 15) is 4.79 Å². The van der Waals surface area contributed by atoms with Crippen molar-refractivity contribution in [2.45, 2.75) is 13.5 Å². The summed E-state index contributed by atoms with van der Waals surface area (Å²) in [6.45, 7) is 1.86. The van der Waals surface area contributed by atoms with Crippen molar-refractivity contribution in [2.75, 3.05) is 12.4 Å². The average molecular weight is 282 g/mol. The van der Waals surface area contributed by atoms with Crippen molar-refractivity contribution in [3.05, 3.63) is 34.6 Å². The molecule has 0 aromatic carbocycles. The highest BCUT2D eigenvalue weighted by Crippen LogP contribution is 2.19. The molecule has 0 spiro atoms. The molecule has 0 saturated heterocycles. The summed E-state index contributed by atoms with van der Waals surface area (Å²) in [4.78, 5) is 19.9. The Labute approximate surface area is 114 Å². The molecule has 0 bridgehead atoms. The number of amides is 1. The summed E-state index contributed by atoms with van der Waals surface area (Å²) in [6.07, 6.45) is 1.44. The molecule has 0 aliphatic rings. The monoisotopic (exact) mass is 281 g/mol. The largest absolute Gasteiger partial charge is 0.372 e. The van der Waals surface area contributed by atoms with E-state index in [-0.39, 0.29) is 12.5 Å². The molecule has 0 saturated carbocycles. The van der Waals surface area contributed by atoms with Crippen LogP contribution in [0.1, 0.15) is 22.1 Å². The van der Waals surface area contributed by atoms with Crippen LogP contribution in [0.25, 0.3) is 0 Å². The molecule has 2 heterocycles. The molecular formula is C11H12ClN5O2. The number of hydrogen-bond acceptors (Lipinski definition) is 6. The van der Waals surface area contributed by atoms with Gasteiger partial charge in [0.15, 0.2) is 5.82 Å². The SMILES string of the molecule is CNc1ncc(C(=O)NCc2noc(C)n2)cc1Cl. The number of hydrogen-bond donors (Lipinski definition) is 2. The second kappa shape index (κ2) is 5.66. The number of nitrogens with zero attached hydrogens (tertiary/aromatic N) is 3. The Morgan fingerprint density at radius 2 is 2.32 bits per heavy atom. The van der Waals surface area contributed by atoms with Gasteiger partial charge in [-0.3, -0.25) is 4.79 Å². The smallest absolute Gasteiger partial charge is 0.253 e. The van der Waals surface area contributed by atoms with Crippen LogP contribution < -0.4 is 10.6 Å². The molecule has 1 amide bonds. The summed E-state index contributed by atoms with van der Waals surface area (Å²) >= 11 is 5.95. The predicted octanol–water partition coefficient (Wildman–Crippen LogP) is 1.40. The van der Waals surface area contributed by atoms with Crippen LogP contribution in [0.15, 0.2) is 16.8 Å². The van der Waals surface area contributed by atoms with Gasteiger partial charge in [0.05, 0.1) is 17.1 Å². The van der Waals surface area contributed by atoms with Gasteiger partial charge in [-0.25, -0.2) is 4.98 Å². The summed E-state index contributed by atoms with van der Waals surface area (Å²) in [6, 6.07) is 1.54. The highest BCUT2D eigenvalue weighted by molar-refractivity contribution is 6.33. The Morgan fingerprint density at radius 3 is 2.89 bits per heavy atom. The van der Waals surface area contributed by atoms with Crippen molar-refractivity contribution in [1.29, 1.82) is 0 Å². The topological polar surface area (TPSA) is 92.9 Å². The molecule has 2 aromatic heterocycles. The fraction of sp³-hybridized carbons (Fsp3) is 0.273. The molecule has 0 fully saturated rings. The first kappa shape index (κ1) is 13.3. The number of rotatable bonds is 4. The number of nitrogens with one attached hydrogen (secondary N) is 2. The quantitative estimate of drug-likeness (QED) is 0.880. The molecule has 8 heteroatoms. The molecule has 0 atom stereocenters. The lowest BCUT2D eigenvalue weighted by atomic mass is 10.2. The lowest BCUT2D eigenvalue weighted by molar-refractivity contribution is 0.0949. The highest BCUT2D eigenvalue weighted by atomic mass is 35.5. The number of halogens is 1. The van der Waals surface area contributed by atoms with Gasteiger partial charge in [-0.15, -0.1) is 0 Å². The van der Waals surface area contributed by atoms with Crippen molar-refractivity contribution in [1.82, 2.24) is 20.4 Å². The van der Waals surface area contributed by atoms with E-state index < -0.39 is 0 Å². The van der Waals surface area contributed by atoms with Crippen LogP contribution >= 0.6 is 11.6 Å². The van der Waals surface area contributed by atoms with Gasteiger partial charge >= 0.3 is 0 Å². The molecule has 2 aromatic rings. The van der Waals surface area contributed by atoms with Crippen molar-refractivity contribution in [3.63, 3.8) is 0 Å². The second-order valence-corrected chi connectivity index (χ2v) is 4.12. The van der Waals surface area contributed by atoms with Crippen LogP contribution in [0, 0.1) is 6.92 Å². The first-order valence-corrected chi connectivity index (χ1v) is 5.88. The fourth-order valence-corrected chi connectivity index (χ4v) is 1.68. The molecule has 2 N–H and O–H groups in total. The van der Waals surface area contributed by atoms with Crippen LogP contribution in [0.5, 0.6) is 0 Å². The number of carbonyl (C=O) groups is 1. The second-order valence-electron chi connectivity index (χ2n) is 3.72. The van der Waals surface area contributed by atoms with Crippen LogP contribution in [0.3, 0.4) is 0 Å². The summed E-state index contributed by atoms with van der Waals surface area (Å²) < 4.78 is 4.80. The Morgan fingerprint density at radius 1 is 1.53 bits per heavy atom. The van der Waals surface area contributed by atoms with Gasteiger partial charge in [-0.05, 0) is 6.07 Å². The highest BCUT2D eigenvalue weighted by Gasteiger charge is 2.10. The minimum absolute atomic E-state index is 0.182. The zero-order valence-electron chi connectivity index (χ0n) is 10.4. The van der Waals surface area contributed by atoms with Gasteiger partial charge < -0.3 is 15.2 Å². The third-order valence-corrected chi connectivity index (χ3v) is 2.60. The van der Waals surface area contributed by atoms with Gasteiger partial charge in [0, 0.05) is 20.2 Å². The summed E-state index contributed by atoms with van der Waals surface area (Å²) in [5.41, 5.74) is 0.365. The van der Waals surface area contributed by atoms with Gasteiger partial charge in [0.25, 0.3) is 5.91 Å². The number of carbonyl (C=O) groups excluding carboxylic acids is 1. The standard InChI is InChI=1S/C11H12ClN5O2/c1-6-16-9(17-19-6)5-15-11(18)7-3-8(12)10(13-2)14-4-7/h3-4H,5H2,1-2H3,(H,13,14)(H,15,18). The van der Waals surface area contributed by atoms with Crippen LogP contribution in [0.2, 0.25) is 5.02 Å². The third kappa shape index (κ3) is 3.19. The van der Waals surface area contributed by atoms with E-state index in [1.54, 1.807) is 14.0 Å². The molecular weight excluding hydrogens is 270 g/mol. The number of aromatic nitrogens is 3. The van der Waals surface area contributed by atoms with E-state index >= 15 is 0 Å². The maximum absolute atomic E-state index is 11.9. The molecule has 0 aliphatic heterocycles. The number of aryl methyl sites for hydroxylation is 1. The zero-order valence-corrected chi connectivity index (χ0v) is 11.2. The van der Waals surface area contributed by atoms with E-state index in [0.717, 1.165) is 0 Å². The lowest BCUT2D eigenvalue weighted by Crippen LogP contribution is -2.23. The fourth-order valence-electron chi connectivity index (χ4n) is 1.42. The Balaban J connectivity index is 2.01. The minimum Gasteiger partial charge on any atom is -0.372 e. The van der Waals surface area contributed by atoms with E-state index in [1.807, 2.05) is 0 Å². The first-order chi connectivity index (χ1) is 9.10. The van der Waals surface area contributed by atoms with Gasteiger partial charge in [-0.1, -0.05) is 16.8 Å². The third-order valence-electron chi connectivity index (χ3n) is 2.32.